The third-order valence-electron chi connectivity index (χ3n) is 11.0. The highest BCUT2D eigenvalue weighted by molar-refractivity contribution is 8.34. The van der Waals surface area contributed by atoms with Crippen LogP contribution >= 0.6 is 21.8 Å². The van der Waals surface area contributed by atoms with Gasteiger partial charge in [0.1, 0.15) is 0 Å². The van der Waals surface area contributed by atoms with Crippen LogP contribution in [-0.2, 0) is 0 Å². The maximum Gasteiger partial charge on any atom is 0.333 e. The molecular weight excluding hydrogens is 619 g/mol. The monoisotopic (exact) mass is 646 g/mol. The van der Waals surface area contributed by atoms with E-state index in [1.165, 1.54) is 96.6 Å². The molecule has 5 aliphatic heterocycles. The third-order valence-corrected chi connectivity index (χ3v) is 16.1. The zero-order chi connectivity index (χ0) is 31.3. The lowest BCUT2D eigenvalue weighted by atomic mass is 9.43. The molecule has 7 aromatic rings. The Morgan fingerprint density at radius 2 is 1.12 bits per heavy atom. The Hall–Kier alpha value is -5.10. The Labute approximate surface area is 286 Å². The lowest BCUT2D eigenvalue weighted by Crippen LogP contribution is -2.62. The summed E-state index contributed by atoms with van der Waals surface area (Å²) >= 11 is 1.90. The van der Waals surface area contributed by atoms with E-state index in [1.807, 2.05) is 11.8 Å². The second-order valence-corrected chi connectivity index (χ2v) is 17.4. The highest BCUT2D eigenvalue weighted by Gasteiger charge is 2.54. The van der Waals surface area contributed by atoms with Gasteiger partial charge in [-0.2, -0.15) is 0 Å². The van der Waals surface area contributed by atoms with Crippen LogP contribution in [0.2, 0.25) is 0 Å². The molecule has 5 aliphatic rings. The minimum Gasteiger partial charge on any atom is -0.375 e. The first kappa shape index (κ1) is 25.9. The SMILES string of the molecule is Cc1cc2c3c(c1)N1c4ccccc4Sc4cccc(c41)B3N1c3ccccc3S3(c4ccccc4-c4ccccc43)c3cccc-2c31. The molecule has 0 saturated carbocycles. The molecule has 7 aromatic carbocycles. The molecule has 0 aromatic heterocycles. The Morgan fingerprint density at radius 3 is 1.94 bits per heavy atom. The Bertz CT molecular complexity index is 2560. The van der Waals surface area contributed by atoms with Crippen LogP contribution in [0.5, 0.6) is 0 Å². The van der Waals surface area contributed by atoms with Crippen LogP contribution in [0.15, 0.2) is 175 Å². The van der Waals surface area contributed by atoms with Crippen molar-refractivity contribution in [3.8, 4) is 22.3 Å². The van der Waals surface area contributed by atoms with Gasteiger partial charge < -0.3 is 9.71 Å². The minimum atomic E-state index is -1.75. The van der Waals surface area contributed by atoms with Gasteiger partial charge in [-0.1, -0.05) is 103 Å². The lowest BCUT2D eigenvalue weighted by molar-refractivity contribution is 1.14. The van der Waals surface area contributed by atoms with Gasteiger partial charge >= 0.3 is 6.85 Å². The van der Waals surface area contributed by atoms with E-state index in [9.17, 15) is 0 Å². The van der Waals surface area contributed by atoms with E-state index in [1.54, 1.807) is 0 Å². The largest absolute Gasteiger partial charge is 0.375 e. The van der Waals surface area contributed by atoms with Crippen molar-refractivity contribution in [2.75, 3.05) is 9.71 Å². The van der Waals surface area contributed by atoms with Gasteiger partial charge in [-0.05, 0) is 94.7 Å². The summed E-state index contributed by atoms with van der Waals surface area (Å²) in [7, 11) is -1.75. The molecular formula is C43H27BN2S2. The van der Waals surface area contributed by atoms with Gasteiger partial charge in [-0.25, -0.2) is 0 Å². The first-order valence-electron chi connectivity index (χ1n) is 16.6. The molecule has 0 amide bonds. The average Bonchev–Trinajstić information content (AvgIpc) is 3.43. The standard InChI is InChI=1S/C43H27BN2S2/c1-26-24-30-29-14-10-23-40-42(29)46(33-17-5-9-22-39(33)48(40)37-20-7-2-12-27(37)28-13-3-8-21-38(28)48)44-31-15-11-19-36-43(31)45(34(25-26)41(30)44)32-16-4-6-18-35(32)47-36/h2-25H,1H3. The first-order valence-corrected chi connectivity index (χ1v) is 19.1. The number of nitrogens with zero attached hydrogens (tertiary/aromatic N) is 2. The molecule has 224 valence electrons. The summed E-state index contributed by atoms with van der Waals surface area (Å²) in [5.41, 5.74) is 16.1. The zero-order valence-electron chi connectivity index (χ0n) is 26.1. The second kappa shape index (κ2) is 8.87. The van der Waals surface area contributed by atoms with Gasteiger partial charge in [0.2, 0.25) is 0 Å². The van der Waals surface area contributed by atoms with Gasteiger partial charge in [0.05, 0.1) is 17.1 Å². The van der Waals surface area contributed by atoms with Crippen molar-refractivity contribution in [1.29, 1.82) is 0 Å². The smallest absolute Gasteiger partial charge is 0.333 e. The number of rotatable bonds is 0. The molecule has 0 atom stereocenters. The maximum absolute atomic E-state index is 2.74. The van der Waals surface area contributed by atoms with Gasteiger partial charge in [-0.3, -0.25) is 0 Å². The number of anilines is 5. The fraction of sp³-hybridized carbons (Fsp3) is 0.0233. The van der Waals surface area contributed by atoms with E-state index in [-0.39, 0.29) is 6.85 Å². The lowest BCUT2D eigenvalue weighted by Gasteiger charge is -2.54. The third kappa shape index (κ3) is 2.86. The summed E-state index contributed by atoms with van der Waals surface area (Å²) in [4.78, 5) is 13.8. The molecule has 48 heavy (non-hydrogen) atoms. The van der Waals surface area contributed by atoms with Crippen LogP contribution in [0.25, 0.3) is 22.3 Å². The van der Waals surface area contributed by atoms with E-state index in [0.29, 0.717) is 0 Å². The Kier molecular flexibility index (Phi) is 4.79. The minimum absolute atomic E-state index is 0.0473. The van der Waals surface area contributed by atoms with Crippen LogP contribution in [0, 0.1) is 6.92 Å². The molecule has 5 heteroatoms. The molecule has 0 saturated heterocycles. The molecule has 2 nitrogen and oxygen atoms in total. The van der Waals surface area contributed by atoms with E-state index >= 15 is 0 Å². The van der Waals surface area contributed by atoms with Crippen molar-refractivity contribution in [3.63, 3.8) is 0 Å². The average molecular weight is 647 g/mol. The second-order valence-electron chi connectivity index (χ2n) is 13.3. The summed E-state index contributed by atoms with van der Waals surface area (Å²) in [5.74, 6) is 0. The quantitative estimate of drug-likeness (QED) is 0.151. The summed E-state index contributed by atoms with van der Waals surface area (Å²) < 4.78 is 0. The van der Waals surface area contributed by atoms with Gasteiger partial charge in [0.25, 0.3) is 0 Å². The molecule has 0 aliphatic carbocycles. The molecule has 1 spiro atoms. The topological polar surface area (TPSA) is 6.48 Å². The Morgan fingerprint density at radius 1 is 0.500 bits per heavy atom. The maximum atomic E-state index is 2.74. The van der Waals surface area contributed by atoms with Gasteiger partial charge in [0.15, 0.2) is 0 Å². The van der Waals surface area contributed by atoms with Crippen LogP contribution in [-0.4, -0.2) is 6.85 Å². The van der Waals surface area contributed by atoms with E-state index in [0.717, 1.165) is 0 Å². The fourth-order valence-corrected chi connectivity index (χ4v) is 15.0. The van der Waals surface area contributed by atoms with Crippen molar-refractivity contribution < 1.29 is 0 Å². The molecule has 5 heterocycles. The number of para-hydroxylation sites is 4. The van der Waals surface area contributed by atoms with Crippen LogP contribution in [0.4, 0.5) is 28.4 Å². The number of hydrogen-bond donors (Lipinski definition) is 0. The summed E-state index contributed by atoms with van der Waals surface area (Å²) in [5, 5.41) is 0. The van der Waals surface area contributed by atoms with Crippen molar-refractivity contribution in [1.82, 2.24) is 0 Å². The van der Waals surface area contributed by atoms with Gasteiger partial charge in [-0.15, -0.1) is 10.0 Å². The molecule has 0 unspecified atom stereocenters. The van der Waals surface area contributed by atoms with Crippen LogP contribution in [0.3, 0.4) is 0 Å². The summed E-state index contributed by atoms with van der Waals surface area (Å²) in [6.45, 7) is 2.32. The van der Waals surface area contributed by atoms with Crippen LogP contribution in [0.1, 0.15) is 5.56 Å². The Balaban J connectivity index is 1.26. The number of hydrogen-bond acceptors (Lipinski definition) is 3. The number of aryl methyl sites for hydroxylation is 1. The number of fused-ring (bicyclic) bond motifs is 15. The van der Waals surface area contributed by atoms with E-state index in [2.05, 4.69) is 162 Å². The molecule has 0 bridgehead atoms. The summed E-state index contributed by atoms with van der Waals surface area (Å²) in [6, 6.07) is 55.7. The van der Waals surface area contributed by atoms with E-state index in [4.69, 9.17) is 0 Å². The predicted octanol–water partition coefficient (Wildman–Crippen LogP) is 10.8. The van der Waals surface area contributed by atoms with Crippen molar-refractivity contribution in [2.24, 2.45) is 0 Å². The van der Waals surface area contributed by atoms with Crippen molar-refractivity contribution >= 4 is 68.0 Å². The highest BCUT2D eigenvalue weighted by atomic mass is 32.3. The predicted molar refractivity (Wildman–Crippen MR) is 202 cm³/mol. The highest BCUT2D eigenvalue weighted by Crippen LogP contribution is 2.84. The normalized spacial score (nSPS) is 16.2. The first-order chi connectivity index (χ1) is 23.7. The van der Waals surface area contributed by atoms with Gasteiger partial charge in [0, 0.05) is 46.3 Å². The molecule has 0 N–H and O–H groups in total. The number of benzene rings is 7. The van der Waals surface area contributed by atoms with Crippen molar-refractivity contribution in [3.05, 3.63) is 151 Å². The summed E-state index contributed by atoms with van der Waals surface area (Å²) in [6.07, 6.45) is 0. The molecule has 12 rings (SSSR count). The van der Waals surface area contributed by atoms with Crippen molar-refractivity contribution in [2.45, 2.75) is 36.3 Å². The fourth-order valence-electron chi connectivity index (χ4n) is 9.36. The molecule has 0 radical (unpaired) electrons. The zero-order valence-corrected chi connectivity index (χ0v) is 27.8. The van der Waals surface area contributed by atoms with Crippen LogP contribution < -0.4 is 20.6 Å². The van der Waals surface area contributed by atoms with E-state index < -0.39 is 10.0 Å². The molecule has 0 fully saturated rings.